The van der Waals surface area contributed by atoms with Gasteiger partial charge in [0.05, 0.1) is 10.6 Å². The van der Waals surface area contributed by atoms with Crippen molar-refractivity contribution in [2.24, 2.45) is 0 Å². The predicted octanol–water partition coefficient (Wildman–Crippen LogP) is 3.49. The van der Waals surface area contributed by atoms with Crippen LogP contribution in [0.1, 0.15) is 21.5 Å². The van der Waals surface area contributed by atoms with Crippen LogP contribution in [0.3, 0.4) is 0 Å². The maximum atomic E-state index is 13.1. The van der Waals surface area contributed by atoms with Gasteiger partial charge >= 0.3 is 5.97 Å². The molecule has 164 valence electrons. The normalized spacial score (nSPS) is 12.4. The molecule has 0 aliphatic rings. The number of carbonyl (C=O) groups excluding carboxylic acids is 2. The largest absolute Gasteiger partial charge is 0.480 e. The first-order valence-electron chi connectivity index (χ1n) is 10.1. The highest BCUT2D eigenvalue weighted by Gasteiger charge is 2.27. The number of hydrogen-bond acceptors (Lipinski definition) is 3. The zero-order chi connectivity index (χ0) is 22.9. The van der Waals surface area contributed by atoms with Gasteiger partial charge in [-0.2, -0.15) is 0 Å². The average Bonchev–Trinajstić information content (AvgIpc) is 2.79. The van der Waals surface area contributed by atoms with Gasteiger partial charge in [-0.25, -0.2) is 4.79 Å². The minimum atomic E-state index is -1.15. The predicted molar refractivity (Wildman–Crippen MR) is 123 cm³/mol. The molecule has 0 fully saturated rings. The van der Waals surface area contributed by atoms with Gasteiger partial charge < -0.3 is 15.7 Å². The van der Waals surface area contributed by atoms with E-state index in [1.54, 1.807) is 48.5 Å². The lowest BCUT2D eigenvalue weighted by atomic mass is 10.0. The van der Waals surface area contributed by atoms with Crippen LogP contribution < -0.4 is 10.6 Å². The summed E-state index contributed by atoms with van der Waals surface area (Å²) in [4.78, 5) is 37.7. The standard InChI is InChI=1S/C25H23ClN2O4/c26-20-14-8-7-13-19(20)23(29)27-21(15-17-9-3-1-4-10-17)24(30)28-22(25(31)32)16-18-11-5-2-6-12-18/h1-14,21-22H,15-16H2,(H,27,29)(H,28,30)(H,31,32). The van der Waals surface area contributed by atoms with E-state index in [0.29, 0.717) is 0 Å². The molecule has 7 heteroatoms. The van der Waals surface area contributed by atoms with Crippen molar-refractivity contribution in [1.82, 2.24) is 10.6 Å². The van der Waals surface area contributed by atoms with Gasteiger partial charge in [-0.05, 0) is 23.3 Å². The van der Waals surface area contributed by atoms with E-state index in [4.69, 9.17) is 11.6 Å². The zero-order valence-electron chi connectivity index (χ0n) is 17.2. The summed E-state index contributed by atoms with van der Waals surface area (Å²) < 4.78 is 0. The van der Waals surface area contributed by atoms with E-state index in [1.807, 2.05) is 36.4 Å². The third kappa shape index (κ3) is 6.43. The van der Waals surface area contributed by atoms with E-state index < -0.39 is 29.9 Å². The summed E-state index contributed by atoms with van der Waals surface area (Å²) in [5.41, 5.74) is 1.83. The second kappa shape index (κ2) is 11.1. The summed E-state index contributed by atoms with van der Waals surface area (Å²) in [6.45, 7) is 0. The van der Waals surface area contributed by atoms with Crippen molar-refractivity contribution in [1.29, 1.82) is 0 Å². The molecule has 0 aliphatic carbocycles. The summed E-state index contributed by atoms with van der Waals surface area (Å²) in [6.07, 6.45) is 0.318. The molecule has 0 radical (unpaired) electrons. The Balaban J connectivity index is 1.79. The van der Waals surface area contributed by atoms with Crippen LogP contribution in [0, 0.1) is 0 Å². The van der Waals surface area contributed by atoms with Gasteiger partial charge in [-0.15, -0.1) is 0 Å². The van der Waals surface area contributed by atoms with Crippen LogP contribution in [0.25, 0.3) is 0 Å². The maximum Gasteiger partial charge on any atom is 0.326 e. The quantitative estimate of drug-likeness (QED) is 0.465. The smallest absolute Gasteiger partial charge is 0.326 e. The number of hydrogen-bond donors (Lipinski definition) is 3. The van der Waals surface area contributed by atoms with E-state index in [1.165, 1.54) is 0 Å². The summed E-state index contributed by atoms with van der Waals surface area (Å²) >= 11 is 6.12. The SMILES string of the molecule is O=C(NC(Cc1ccccc1)C(=O)NC(Cc1ccccc1)C(=O)O)c1ccccc1Cl. The molecule has 0 bridgehead atoms. The molecule has 0 saturated carbocycles. The summed E-state index contributed by atoms with van der Waals surface area (Å²) in [5, 5.41) is 15.2. The van der Waals surface area contributed by atoms with Gasteiger partial charge in [0.1, 0.15) is 12.1 Å². The average molecular weight is 451 g/mol. The van der Waals surface area contributed by atoms with Crippen LogP contribution in [0.5, 0.6) is 0 Å². The molecule has 3 N–H and O–H groups in total. The molecule has 32 heavy (non-hydrogen) atoms. The van der Waals surface area contributed by atoms with Gasteiger partial charge in [0.25, 0.3) is 5.91 Å². The third-order valence-electron chi connectivity index (χ3n) is 4.92. The lowest BCUT2D eigenvalue weighted by molar-refractivity contribution is -0.142. The van der Waals surface area contributed by atoms with Crippen molar-refractivity contribution < 1.29 is 19.5 Å². The van der Waals surface area contributed by atoms with Crippen LogP contribution in [0.2, 0.25) is 5.02 Å². The molecule has 2 atom stereocenters. The Labute approximate surface area is 191 Å². The molecule has 2 amide bonds. The third-order valence-corrected chi connectivity index (χ3v) is 5.25. The van der Waals surface area contributed by atoms with E-state index in [-0.39, 0.29) is 23.4 Å². The first kappa shape index (κ1) is 23.0. The van der Waals surface area contributed by atoms with Crippen LogP contribution in [0.15, 0.2) is 84.9 Å². The highest BCUT2D eigenvalue weighted by molar-refractivity contribution is 6.33. The Hall–Kier alpha value is -3.64. The number of carbonyl (C=O) groups is 3. The Morgan fingerprint density at radius 1 is 0.719 bits per heavy atom. The van der Waals surface area contributed by atoms with Crippen molar-refractivity contribution in [3.05, 3.63) is 107 Å². The van der Waals surface area contributed by atoms with Gasteiger partial charge in [0.15, 0.2) is 0 Å². The molecule has 0 heterocycles. The first-order chi connectivity index (χ1) is 15.4. The highest BCUT2D eigenvalue weighted by Crippen LogP contribution is 2.15. The van der Waals surface area contributed by atoms with Crippen LogP contribution >= 0.6 is 11.6 Å². The molecule has 0 saturated heterocycles. The summed E-state index contributed by atoms with van der Waals surface area (Å²) in [7, 11) is 0. The lowest BCUT2D eigenvalue weighted by Gasteiger charge is -2.22. The number of benzene rings is 3. The number of nitrogens with one attached hydrogen (secondary N) is 2. The van der Waals surface area contributed by atoms with Crippen LogP contribution in [0.4, 0.5) is 0 Å². The monoisotopic (exact) mass is 450 g/mol. The summed E-state index contributed by atoms with van der Waals surface area (Å²) in [6, 6.07) is 22.6. The first-order valence-corrected chi connectivity index (χ1v) is 10.5. The minimum absolute atomic E-state index is 0.123. The van der Waals surface area contributed by atoms with Crippen LogP contribution in [-0.2, 0) is 22.4 Å². The molecule has 3 aromatic rings. The molecule has 2 unspecified atom stereocenters. The number of aliphatic carboxylic acids is 1. The summed E-state index contributed by atoms with van der Waals surface area (Å²) in [5.74, 6) is -2.25. The molecule has 0 aliphatic heterocycles. The van der Waals surface area contributed by atoms with Crippen LogP contribution in [-0.4, -0.2) is 35.0 Å². The fourth-order valence-corrected chi connectivity index (χ4v) is 3.48. The zero-order valence-corrected chi connectivity index (χ0v) is 18.0. The Morgan fingerprint density at radius 3 is 1.75 bits per heavy atom. The topological polar surface area (TPSA) is 95.5 Å². The number of halogens is 1. The van der Waals surface area contributed by atoms with Gasteiger partial charge in [0.2, 0.25) is 5.91 Å². The van der Waals surface area contributed by atoms with Crippen molar-refractivity contribution in [2.45, 2.75) is 24.9 Å². The van der Waals surface area contributed by atoms with Crippen molar-refractivity contribution in [3.8, 4) is 0 Å². The highest BCUT2D eigenvalue weighted by atomic mass is 35.5. The van der Waals surface area contributed by atoms with Gasteiger partial charge in [0, 0.05) is 12.8 Å². The van der Waals surface area contributed by atoms with Crippen molar-refractivity contribution in [2.75, 3.05) is 0 Å². The maximum absolute atomic E-state index is 13.1. The van der Waals surface area contributed by atoms with E-state index in [2.05, 4.69) is 10.6 Å². The van der Waals surface area contributed by atoms with E-state index in [0.717, 1.165) is 11.1 Å². The molecule has 0 aromatic heterocycles. The number of carboxylic acids is 1. The van der Waals surface area contributed by atoms with Crippen molar-refractivity contribution >= 4 is 29.4 Å². The molecule has 0 spiro atoms. The molecule has 3 aromatic carbocycles. The minimum Gasteiger partial charge on any atom is -0.480 e. The van der Waals surface area contributed by atoms with E-state index >= 15 is 0 Å². The second-order valence-electron chi connectivity index (χ2n) is 7.28. The van der Waals surface area contributed by atoms with E-state index in [9.17, 15) is 19.5 Å². The number of amides is 2. The fourth-order valence-electron chi connectivity index (χ4n) is 3.26. The fraction of sp³-hybridized carbons (Fsp3) is 0.160. The number of rotatable bonds is 9. The number of carboxylic acid groups (broad SMARTS) is 1. The lowest BCUT2D eigenvalue weighted by Crippen LogP contribution is -2.53. The Kier molecular flexibility index (Phi) is 8.00. The Morgan fingerprint density at radius 2 is 1.22 bits per heavy atom. The molecule has 6 nitrogen and oxygen atoms in total. The molecule has 3 rings (SSSR count). The van der Waals surface area contributed by atoms with Crippen molar-refractivity contribution in [3.63, 3.8) is 0 Å². The van der Waals surface area contributed by atoms with Gasteiger partial charge in [-0.1, -0.05) is 84.4 Å². The molecular formula is C25H23ClN2O4. The second-order valence-corrected chi connectivity index (χ2v) is 7.69. The van der Waals surface area contributed by atoms with Gasteiger partial charge in [-0.3, -0.25) is 9.59 Å². The Bertz CT molecular complexity index is 1070. The molecular weight excluding hydrogens is 428 g/mol.